The van der Waals surface area contributed by atoms with Gasteiger partial charge in [0.2, 0.25) is 0 Å². The summed E-state index contributed by atoms with van der Waals surface area (Å²) in [6.07, 6.45) is 3.18. The van der Waals surface area contributed by atoms with Crippen LogP contribution in [0, 0.1) is 0 Å². The van der Waals surface area contributed by atoms with Crippen LogP contribution in [0.3, 0.4) is 0 Å². The van der Waals surface area contributed by atoms with Gasteiger partial charge in [-0.3, -0.25) is 4.79 Å². The van der Waals surface area contributed by atoms with Crippen LogP contribution in [0.15, 0.2) is 11.6 Å². The quantitative estimate of drug-likeness (QED) is 0.626. The Hall–Kier alpha value is -0.700. The third-order valence-corrected chi connectivity index (χ3v) is 1.96. The van der Waals surface area contributed by atoms with Crippen LogP contribution in [0.5, 0.6) is 0 Å². The van der Waals surface area contributed by atoms with Crippen molar-refractivity contribution in [3.63, 3.8) is 0 Å². The van der Waals surface area contributed by atoms with Crippen molar-refractivity contribution in [3.05, 3.63) is 16.6 Å². The minimum atomic E-state index is 0.164. The zero-order valence-electron chi connectivity index (χ0n) is 5.83. The highest BCUT2D eigenvalue weighted by Crippen LogP contribution is 2.07. The topological polar surface area (TPSA) is 30.0 Å². The maximum Gasteiger partial charge on any atom is 0.191 e. The molecule has 3 heteroatoms. The van der Waals surface area contributed by atoms with Gasteiger partial charge in [-0.15, -0.1) is 11.3 Å². The Labute approximate surface area is 63.9 Å². The van der Waals surface area contributed by atoms with Gasteiger partial charge in [-0.1, -0.05) is 6.92 Å². The van der Waals surface area contributed by atoms with E-state index in [1.54, 1.807) is 6.20 Å². The van der Waals surface area contributed by atoms with E-state index in [2.05, 4.69) is 4.98 Å². The average Bonchev–Trinajstić information content (AvgIpc) is 2.38. The monoisotopic (exact) mass is 155 g/mol. The molecule has 1 rings (SSSR count). The van der Waals surface area contributed by atoms with Crippen molar-refractivity contribution in [2.75, 3.05) is 0 Å². The standard InChI is InChI=1S/C7H9NOS/c1-2-3-6(9)7-8-4-5-10-7/h4-5H,2-3H2,1H3. The van der Waals surface area contributed by atoms with Crippen LogP contribution < -0.4 is 0 Å². The molecule has 1 heterocycles. The number of thiazole rings is 1. The van der Waals surface area contributed by atoms with Crippen LogP contribution in [-0.2, 0) is 0 Å². The first kappa shape index (κ1) is 7.41. The second kappa shape index (κ2) is 3.46. The van der Waals surface area contributed by atoms with Crippen LogP contribution >= 0.6 is 11.3 Å². The van der Waals surface area contributed by atoms with Crippen molar-refractivity contribution in [1.29, 1.82) is 0 Å². The Kier molecular flexibility index (Phi) is 2.57. The molecule has 1 aromatic rings. The van der Waals surface area contributed by atoms with Gasteiger partial charge in [0.25, 0.3) is 0 Å². The van der Waals surface area contributed by atoms with Crippen molar-refractivity contribution >= 4 is 17.1 Å². The summed E-state index contributed by atoms with van der Waals surface area (Å²) in [5, 5.41) is 2.46. The number of hydrogen-bond acceptors (Lipinski definition) is 3. The van der Waals surface area contributed by atoms with Gasteiger partial charge in [-0.2, -0.15) is 0 Å². The molecule has 0 unspecified atom stereocenters. The van der Waals surface area contributed by atoms with Gasteiger partial charge in [0.1, 0.15) is 0 Å². The minimum Gasteiger partial charge on any atom is -0.292 e. The van der Waals surface area contributed by atoms with Gasteiger partial charge >= 0.3 is 0 Å². The molecule has 0 spiro atoms. The fourth-order valence-corrected chi connectivity index (χ4v) is 1.30. The molecule has 0 atom stereocenters. The Morgan fingerprint density at radius 3 is 3.10 bits per heavy atom. The van der Waals surface area contributed by atoms with Crippen LogP contribution in [0.1, 0.15) is 29.6 Å². The van der Waals surface area contributed by atoms with Gasteiger partial charge in [-0.25, -0.2) is 4.98 Å². The molecule has 0 aliphatic rings. The number of nitrogens with zero attached hydrogens (tertiary/aromatic N) is 1. The second-order valence-corrected chi connectivity index (χ2v) is 2.90. The normalized spacial score (nSPS) is 9.70. The maximum absolute atomic E-state index is 11.1. The van der Waals surface area contributed by atoms with Crippen LogP contribution in [-0.4, -0.2) is 10.8 Å². The van der Waals surface area contributed by atoms with Gasteiger partial charge in [-0.05, 0) is 6.42 Å². The van der Waals surface area contributed by atoms with Crippen molar-refractivity contribution in [3.8, 4) is 0 Å². The number of ketones is 1. The molecule has 1 aromatic heterocycles. The first-order valence-electron chi connectivity index (χ1n) is 3.27. The van der Waals surface area contributed by atoms with Crippen LogP contribution in [0.25, 0.3) is 0 Å². The molecule has 10 heavy (non-hydrogen) atoms. The van der Waals surface area contributed by atoms with Gasteiger partial charge in [0.05, 0.1) is 0 Å². The molecule has 0 N–H and O–H groups in total. The van der Waals surface area contributed by atoms with Crippen LogP contribution in [0.4, 0.5) is 0 Å². The fourth-order valence-electron chi connectivity index (χ4n) is 0.695. The van der Waals surface area contributed by atoms with E-state index in [1.165, 1.54) is 11.3 Å². The van der Waals surface area contributed by atoms with Crippen molar-refractivity contribution in [2.24, 2.45) is 0 Å². The Balaban J connectivity index is 2.59. The zero-order chi connectivity index (χ0) is 7.40. The maximum atomic E-state index is 11.1. The van der Waals surface area contributed by atoms with Crippen molar-refractivity contribution in [2.45, 2.75) is 19.8 Å². The largest absolute Gasteiger partial charge is 0.292 e. The summed E-state index contributed by atoms with van der Waals surface area (Å²) in [6.45, 7) is 1.99. The summed E-state index contributed by atoms with van der Waals surface area (Å²) < 4.78 is 0. The highest BCUT2D eigenvalue weighted by atomic mass is 32.1. The molecule has 0 saturated heterocycles. The number of hydrogen-bond donors (Lipinski definition) is 0. The Bertz CT molecular complexity index is 205. The highest BCUT2D eigenvalue weighted by Gasteiger charge is 2.05. The summed E-state index contributed by atoms with van der Waals surface area (Å²) in [5.74, 6) is 0.164. The highest BCUT2D eigenvalue weighted by molar-refractivity contribution is 7.11. The summed E-state index contributed by atoms with van der Waals surface area (Å²) in [5.41, 5.74) is 0. The van der Waals surface area contributed by atoms with Gasteiger partial charge in [0.15, 0.2) is 10.8 Å². The predicted molar refractivity (Wildman–Crippen MR) is 41.4 cm³/mol. The van der Waals surface area contributed by atoms with E-state index >= 15 is 0 Å². The van der Waals surface area contributed by atoms with E-state index in [9.17, 15) is 4.79 Å². The van der Waals surface area contributed by atoms with E-state index < -0.39 is 0 Å². The molecule has 2 nitrogen and oxygen atoms in total. The SMILES string of the molecule is CCCC(=O)c1nccs1. The smallest absolute Gasteiger partial charge is 0.191 e. The lowest BCUT2D eigenvalue weighted by atomic mass is 10.2. The molecule has 0 fully saturated rings. The number of carbonyl (C=O) groups excluding carboxylic acids is 1. The summed E-state index contributed by atoms with van der Waals surface area (Å²) in [7, 11) is 0. The Morgan fingerprint density at radius 1 is 1.80 bits per heavy atom. The number of aromatic nitrogens is 1. The van der Waals surface area contributed by atoms with E-state index in [-0.39, 0.29) is 5.78 Å². The zero-order valence-corrected chi connectivity index (χ0v) is 6.65. The lowest BCUT2D eigenvalue weighted by Gasteiger charge is -1.89. The summed E-state index contributed by atoms with van der Waals surface area (Å²) >= 11 is 1.41. The van der Waals surface area contributed by atoms with Gasteiger partial charge in [0, 0.05) is 18.0 Å². The third-order valence-electron chi connectivity index (χ3n) is 1.15. The minimum absolute atomic E-state index is 0.164. The second-order valence-electron chi connectivity index (χ2n) is 2.01. The predicted octanol–water partition coefficient (Wildman–Crippen LogP) is 2.13. The van der Waals surface area contributed by atoms with E-state index in [0.717, 1.165) is 6.42 Å². The lowest BCUT2D eigenvalue weighted by Crippen LogP contribution is -1.95. The molecule has 0 radical (unpaired) electrons. The van der Waals surface area contributed by atoms with E-state index in [0.29, 0.717) is 11.4 Å². The fraction of sp³-hybridized carbons (Fsp3) is 0.429. The van der Waals surface area contributed by atoms with E-state index in [4.69, 9.17) is 0 Å². The Morgan fingerprint density at radius 2 is 2.60 bits per heavy atom. The average molecular weight is 155 g/mol. The van der Waals surface area contributed by atoms with E-state index in [1.807, 2.05) is 12.3 Å². The van der Waals surface area contributed by atoms with Crippen molar-refractivity contribution < 1.29 is 4.79 Å². The number of carbonyl (C=O) groups is 1. The third kappa shape index (κ3) is 1.64. The number of Topliss-reactive ketones (excluding diaryl/α,β-unsaturated/α-hetero) is 1. The molecular weight excluding hydrogens is 146 g/mol. The molecule has 0 aromatic carbocycles. The molecule has 54 valence electrons. The van der Waals surface area contributed by atoms with Crippen LogP contribution in [0.2, 0.25) is 0 Å². The summed E-state index contributed by atoms with van der Waals surface area (Å²) in [6, 6.07) is 0. The first-order valence-corrected chi connectivity index (χ1v) is 4.15. The lowest BCUT2D eigenvalue weighted by molar-refractivity contribution is 0.0981. The molecule has 0 bridgehead atoms. The molecule has 0 aliphatic carbocycles. The first-order chi connectivity index (χ1) is 4.84. The van der Waals surface area contributed by atoms with Gasteiger partial charge < -0.3 is 0 Å². The number of rotatable bonds is 3. The molecule has 0 amide bonds. The molecule has 0 saturated carbocycles. The molecule has 0 aliphatic heterocycles. The molecular formula is C7H9NOS. The van der Waals surface area contributed by atoms with Crippen molar-refractivity contribution in [1.82, 2.24) is 4.98 Å². The summed E-state index contributed by atoms with van der Waals surface area (Å²) in [4.78, 5) is 15.0.